The Labute approximate surface area is 123 Å². The number of aliphatic carboxylic acids is 2. The monoisotopic (exact) mass is 310 g/mol. The molecular weight excluding hydrogens is 284 g/mol. The zero-order valence-electron chi connectivity index (χ0n) is 11.5. The number of rotatable bonds is 10. The number of thioether (sulfide) groups is 1. The maximum absolute atomic E-state index is 10.1. The third kappa shape index (κ3) is 15.2. The summed E-state index contributed by atoms with van der Waals surface area (Å²) in [7, 11) is 0. The number of hydrogen-bond acceptors (Lipinski definition) is 7. The molecule has 0 aromatic rings. The lowest BCUT2D eigenvalue weighted by Crippen LogP contribution is -2.32. The van der Waals surface area contributed by atoms with Crippen LogP contribution in [0.3, 0.4) is 0 Å². The molecule has 0 radical (unpaired) electrons. The highest BCUT2D eigenvalue weighted by molar-refractivity contribution is 7.99. The molecule has 0 saturated heterocycles. The van der Waals surface area contributed by atoms with Gasteiger partial charge in [-0.1, -0.05) is 6.42 Å². The molecule has 120 valence electrons. The fraction of sp³-hybridized carbons (Fsp3) is 0.818. The van der Waals surface area contributed by atoms with Crippen LogP contribution >= 0.6 is 11.8 Å². The predicted molar refractivity (Wildman–Crippen MR) is 80.5 cm³/mol. The SMILES string of the molecule is NCCCCC(N)C(=O)O.NCCSCC(N)C(=O)O. The Kier molecular flexibility index (Phi) is 15.6. The molecule has 0 aliphatic heterocycles. The van der Waals surface area contributed by atoms with Gasteiger partial charge in [-0.3, -0.25) is 9.59 Å². The van der Waals surface area contributed by atoms with E-state index in [0.717, 1.165) is 18.6 Å². The first-order valence-electron chi connectivity index (χ1n) is 6.31. The van der Waals surface area contributed by atoms with Gasteiger partial charge in [0.1, 0.15) is 12.1 Å². The summed E-state index contributed by atoms with van der Waals surface area (Å²) in [6.45, 7) is 1.17. The molecule has 0 aliphatic carbocycles. The first kappa shape index (κ1) is 21.4. The van der Waals surface area contributed by atoms with Crippen molar-refractivity contribution in [2.24, 2.45) is 22.9 Å². The summed E-state index contributed by atoms with van der Waals surface area (Å²) in [5.74, 6) is -0.686. The zero-order valence-corrected chi connectivity index (χ0v) is 12.3. The van der Waals surface area contributed by atoms with Crippen LogP contribution in [0.15, 0.2) is 0 Å². The third-order valence-corrected chi connectivity index (χ3v) is 3.28. The Morgan fingerprint density at radius 1 is 0.950 bits per heavy atom. The van der Waals surface area contributed by atoms with Gasteiger partial charge in [-0.15, -0.1) is 0 Å². The van der Waals surface area contributed by atoms with Crippen molar-refractivity contribution < 1.29 is 19.8 Å². The van der Waals surface area contributed by atoms with E-state index < -0.39 is 24.0 Å². The van der Waals surface area contributed by atoms with Gasteiger partial charge in [0, 0.05) is 18.1 Å². The van der Waals surface area contributed by atoms with Crippen LogP contribution in [0.4, 0.5) is 0 Å². The van der Waals surface area contributed by atoms with Crippen molar-refractivity contribution in [1.29, 1.82) is 0 Å². The molecule has 0 spiro atoms. The first-order valence-corrected chi connectivity index (χ1v) is 7.46. The second-order valence-corrected chi connectivity index (χ2v) is 5.19. The molecule has 9 heteroatoms. The van der Waals surface area contributed by atoms with Crippen molar-refractivity contribution >= 4 is 23.7 Å². The van der Waals surface area contributed by atoms with E-state index in [-0.39, 0.29) is 0 Å². The van der Waals surface area contributed by atoms with Crippen molar-refractivity contribution in [3.8, 4) is 0 Å². The number of carboxylic acids is 2. The van der Waals surface area contributed by atoms with E-state index in [2.05, 4.69) is 0 Å². The van der Waals surface area contributed by atoms with Gasteiger partial charge >= 0.3 is 11.9 Å². The molecule has 0 aromatic carbocycles. The third-order valence-electron chi connectivity index (χ3n) is 2.16. The topological polar surface area (TPSA) is 179 Å². The van der Waals surface area contributed by atoms with Crippen LogP contribution in [0, 0.1) is 0 Å². The van der Waals surface area contributed by atoms with Crippen LogP contribution in [0.25, 0.3) is 0 Å². The normalized spacial score (nSPS) is 13.0. The van der Waals surface area contributed by atoms with Gasteiger partial charge in [-0.25, -0.2) is 0 Å². The van der Waals surface area contributed by atoms with E-state index in [1.807, 2.05) is 0 Å². The largest absolute Gasteiger partial charge is 0.480 e. The molecule has 0 heterocycles. The van der Waals surface area contributed by atoms with Crippen LogP contribution in [0.1, 0.15) is 19.3 Å². The average Bonchev–Trinajstić information content (AvgIpc) is 2.39. The van der Waals surface area contributed by atoms with Crippen molar-refractivity contribution in [3.05, 3.63) is 0 Å². The molecule has 0 rings (SSSR count). The Bertz CT molecular complexity index is 243. The fourth-order valence-corrected chi connectivity index (χ4v) is 1.73. The van der Waals surface area contributed by atoms with E-state index in [9.17, 15) is 9.59 Å². The fourth-order valence-electron chi connectivity index (χ4n) is 0.997. The number of nitrogens with two attached hydrogens (primary N) is 4. The number of unbranched alkanes of at least 4 members (excludes halogenated alkanes) is 1. The highest BCUT2D eigenvalue weighted by atomic mass is 32.2. The molecule has 0 aliphatic rings. The maximum atomic E-state index is 10.1. The Balaban J connectivity index is 0. The maximum Gasteiger partial charge on any atom is 0.321 e. The second kappa shape index (κ2) is 14.5. The molecule has 2 unspecified atom stereocenters. The van der Waals surface area contributed by atoms with Crippen LogP contribution < -0.4 is 22.9 Å². The lowest BCUT2D eigenvalue weighted by molar-refractivity contribution is -0.139. The highest BCUT2D eigenvalue weighted by Gasteiger charge is 2.10. The van der Waals surface area contributed by atoms with Crippen LogP contribution in [-0.4, -0.2) is 58.8 Å². The van der Waals surface area contributed by atoms with Gasteiger partial charge in [0.25, 0.3) is 0 Å². The number of hydrogen-bond donors (Lipinski definition) is 6. The first-order chi connectivity index (χ1) is 9.36. The van der Waals surface area contributed by atoms with E-state index in [4.69, 9.17) is 33.1 Å². The van der Waals surface area contributed by atoms with Gasteiger partial charge in [-0.2, -0.15) is 11.8 Å². The molecule has 0 amide bonds. The van der Waals surface area contributed by atoms with Crippen molar-refractivity contribution in [3.63, 3.8) is 0 Å². The summed E-state index contributed by atoms with van der Waals surface area (Å²) in [6, 6.07) is -1.47. The Morgan fingerprint density at radius 2 is 1.50 bits per heavy atom. The predicted octanol–water partition coefficient (Wildman–Crippen LogP) is -1.38. The molecule has 0 aromatic heterocycles. The van der Waals surface area contributed by atoms with Crippen molar-refractivity contribution in [1.82, 2.24) is 0 Å². The summed E-state index contributed by atoms with van der Waals surface area (Å²) >= 11 is 1.46. The van der Waals surface area contributed by atoms with E-state index in [1.165, 1.54) is 11.8 Å². The van der Waals surface area contributed by atoms with E-state index >= 15 is 0 Å². The summed E-state index contributed by atoms with van der Waals surface area (Å²) in [5, 5.41) is 16.6. The molecule has 8 nitrogen and oxygen atoms in total. The number of carbonyl (C=O) groups is 2. The van der Waals surface area contributed by atoms with E-state index in [0.29, 0.717) is 25.3 Å². The average molecular weight is 310 g/mol. The van der Waals surface area contributed by atoms with Crippen LogP contribution in [-0.2, 0) is 9.59 Å². The molecule has 0 bridgehead atoms. The molecule has 0 fully saturated rings. The molecule has 20 heavy (non-hydrogen) atoms. The standard InChI is InChI=1S/C6H14N2O2.C5H12N2O2S/c7-4-2-1-3-5(8)6(9)10;6-1-2-10-3-4(7)5(8)9/h5H,1-4,7-8H2,(H,9,10);4H,1-3,6-7H2,(H,8,9). The van der Waals surface area contributed by atoms with Gasteiger partial charge < -0.3 is 33.1 Å². The minimum Gasteiger partial charge on any atom is -0.480 e. The molecule has 2 atom stereocenters. The lowest BCUT2D eigenvalue weighted by atomic mass is 10.1. The minimum atomic E-state index is -0.954. The zero-order chi connectivity index (χ0) is 16.0. The molecule has 10 N–H and O–H groups in total. The lowest BCUT2D eigenvalue weighted by Gasteiger charge is -2.03. The van der Waals surface area contributed by atoms with Crippen LogP contribution in [0.5, 0.6) is 0 Å². The summed E-state index contributed by atoms with van der Waals surface area (Å²) in [5.41, 5.74) is 20.8. The van der Waals surface area contributed by atoms with Gasteiger partial charge in [0.05, 0.1) is 0 Å². The highest BCUT2D eigenvalue weighted by Crippen LogP contribution is 1.99. The Hall–Kier alpha value is -0.870. The van der Waals surface area contributed by atoms with Crippen molar-refractivity contribution in [2.45, 2.75) is 31.3 Å². The molecule has 0 saturated carbocycles. The van der Waals surface area contributed by atoms with Gasteiger partial charge in [0.15, 0.2) is 0 Å². The summed E-state index contributed by atoms with van der Waals surface area (Å²) in [4.78, 5) is 20.3. The summed E-state index contributed by atoms with van der Waals surface area (Å²) < 4.78 is 0. The Morgan fingerprint density at radius 3 is 1.90 bits per heavy atom. The van der Waals surface area contributed by atoms with Gasteiger partial charge in [-0.05, 0) is 19.4 Å². The summed E-state index contributed by atoms with van der Waals surface area (Å²) in [6.07, 6.45) is 2.16. The minimum absolute atomic E-state index is 0.437. The number of carboxylic acid groups (broad SMARTS) is 2. The van der Waals surface area contributed by atoms with E-state index in [1.54, 1.807) is 0 Å². The quantitative estimate of drug-likeness (QED) is 0.265. The molecular formula is C11H26N4O4S. The van der Waals surface area contributed by atoms with Gasteiger partial charge in [0.2, 0.25) is 0 Å². The second-order valence-electron chi connectivity index (χ2n) is 4.04. The smallest absolute Gasteiger partial charge is 0.321 e. The van der Waals surface area contributed by atoms with Crippen LogP contribution in [0.2, 0.25) is 0 Å². The van der Waals surface area contributed by atoms with Crippen molar-refractivity contribution in [2.75, 3.05) is 24.6 Å².